The normalized spacial score (nSPS) is 10.5. The summed E-state index contributed by atoms with van der Waals surface area (Å²) in [6, 6.07) is 17.8. The zero-order chi connectivity index (χ0) is 27.9. The van der Waals surface area contributed by atoms with Crippen LogP contribution in [0.4, 0.5) is 4.39 Å². The van der Waals surface area contributed by atoms with Crippen molar-refractivity contribution in [3.63, 3.8) is 0 Å². The van der Waals surface area contributed by atoms with Crippen molar-refractivity contribution in [1.82, 2.24) is 0 Å². The van der Waals surface area contributed by atoms with Gasteiger partial charge in [0.05, 0.1) is 23.3 Å². The maximum absolute atomic E-state index is 13.7. The third kappa shape index (κ3) is 9.90. The molecule has 0 aliphatic carbocycles. The minimum absolute atomic E-state index is 0.0207. The molecule has 7 heteroatoms. The van der Waals surface area contributed by atoms with E-state index in [2.05, 4.69) is 6.92 Å². The second kappa shape index (κ2) is 15.9. The van der Waals surface area contributed by atoms with Gasteiger partial charge in [0, 0.05) is 6.07 Å². The molecule has 0 unspecified atom stereocenters. The molecule has 0 saturated carbocycles. The van der Waals surface area contributed by atoms with E-state index in [-0.39, 0.29) is 22.6 Å². The number of carbonyl (C=O) groups is 2. The van der Waals surface area contributed by atoms with Gasteiger partial charge < -0.3 is 14.2 Å². The third-order valence-electron chi connectivity index (χ3n) is 6.18. The van der Waals surface area contributed by atoms with Crippen LogP contribution in [-0.2, 0) is 0 Å². The lowest BCUT2D eigenvalue weighted by molar-refractivity contribution is 0.0730. The zero-order valence-electron chi connectivity index (χ0n) is 22.3. The molecule has 39 heavy (non-hydrogen) atoms. The van der Waals surface area contributed by atoms with Gasteiger partial charge in [-0.15, -0.1) is 0 Å². The van der Waals surface area contributed by atoms with Gasteiger partial charge in [0.1, 0.15) is 29.1 Å². The summed E-state index contributed by atoms with van der Waals surface area (Å²) in [5.74, 6) is -1.09. The van der Waals surface area contributed by atoms with Crippen LogP contribution in [0.25, 0.3) is 0 Å². The highest BCUT2D eigenvalue weighted by Gasteiger charge is 2.13. The van der Waals surface area contributed by atoms with Gasteiger partial charge in [-0.2, -0.15) is 5.26 Å². The van der Waals surface area contributed by atoms with Crippen molar-refractivity contribution in [2.75, 3.05) is 6.61 Å². The molecule has 0 bridgehead atoms. The van der Waals surface area contributed by atoms with Crippen LogP contribution < -0.4 is 14.2 Å². The number of halogens is 1. The number of hydrogen-bond donors (Lipinski definition) is 0. The second-order valence-electron chi connectivity index (χ2n) is 9.26. The molecule has 3 aromatic carbocycles. The number of rotatable bonds is 15. The van der Waals surface area contributed by atoms with Gasteiger partial charge in [-0.05, 0) is 67.1 Å². The molecule has 0 atom stereocenters. The van der Waals surface area contributed by atoms with Crippen LogP contribution in [0.3, 0.4) is 0 Å². The summed E-state index contributed by atoms with van der Waals surface area (Å²) in [7, 11) is 0. The molecule has 0 fully saturated rings. The van der Waals surface area contributed by atoms with E-state index in [1.165, 1.54) is 81.3 Å². The van der Waals surface area contributed by atoms with Crippen LogP contribution in [0.2, 0.25) is 0 Å². The molecule has 0 aliphatic heterocycles. The van der Waals surface area contributed by atoms with Gasteiger partial charge in [0.25, 0.3) is 0 Å². The number of ether oxygens (including phenoxy) is 3. The molecule has 0 N–H and O–H groups in total. The van der Waals surface area contributed by atoms with Crippen molar-refractivity contribution in [2.24, 2.45) is 0 Å². The summed E-state index contributed by atoms with van der Waals surface area (Å²) in [4.78, 5) is 24.8. The minimum Gasteiger partial charge on any atom is -0.494 e. The van der Waals surface area contributed by atoms with Gasteiger partial charge in [0.2, 0.25) is 0 Å². The molecule has 0 aliphatic rings. The molecular weight excluding hydrogens is 497 g/mol. The first-order valence-corrected chi connectivity index (χ1v) is 13.5. The predicted octanol–water partition coefficient (Wildman–Crippen LogP) is 8.05. The quantitative estimate of drug-likeness (QED) is 0.112. The highest BCUT2D eigenvalue weighted by molar-refractivity contribution is 5.92. The maximum atomic E-state index is 13.7. The lowest BCUT2D eigenvalue weighted by atomic mass is 10.1. The van der Waals surface area contributed by atoms with Crippen LogP contribution in [0.5, 0.6) is 17.2 Å². The SMILES string of the molecule is CCCCCCCCCCCOc1ccc(C(=O)Oc2ccc(C(=O)Oc3ccc(C#N)c(F)c3)cc2)cc1. The Morgan fingerprint density at radius 2 is 1.18 bits per heavy atom. The fraction of sp³-hybridized carbons (Fsp3) is 0.344. The number of unbranched alkanes of at least 4 members (excludes halogenated alkanes) is 8. The summed E-state index contributed by atoms with van der Waals surface area (Å²) in [5, 5.41) is 8.79. The predicted molar refractivity (Wildman–Crippen MR) is 147 cm³/mol. The largest absolute Gasteiger partial charge is 0.494 e. The second-order valence-corrected chi connectivity index (χ2v) is 9.26. The first kappa shape index (κ1) is 29.4. The van der Waals surface area contributed by atoms with Crippen LogP contribution in [-0.4, -0.2) is 18.5 Å². The van der Waals surface area contributed by atoms with Crippen LogP contribution in [0.1, 0.15) is 91.0 Å². The van der Waals surface area contributed by atoms with Gasteiger partial charge in [-0.3, -0.25) is 0 Å². The Morgan fingerprint density at radius 3 is 1.72 bits per heavy atom. The molecule has 3 rings (SSSR count). The number of nitriles is 1. The molecule has 0 saturated heterocycles. The van der Waals surface area contributed by atoms with E-state index in [9.17, 15) is 14.0 Å². The first-order valence-electron chi connectivity index (χ1n) is 13.5. The molecule has 6 nitrogen and oxygen atoms in total. The summed E-state index contributed by atoms with van der Waals surface area (Å²) < 4.78 is 30.0. The standard InChI is InChI=1S/C32H34FNO5/c1-2-3-4-5-6-7-8-9-10-21-37-27-16-11-24(12-17-27)31(35)38-28-18-13-25(14-19-28)32(36)39-29-20-15-26(23-34)30(33)22-29/h11-20,22H,2-10,21H2,1H3. The van der Waals surface area contributed by atoms with Gasteiger partial charge in [-0.1, -0.05) is 58.3 Å². The molecule has 0 heterocycles. The van der Waals surface area contributed by atoms with Gasteiger partial charge >= 0.3 is 11.9 Å². The highest BCUT2D eigenvalue weighted by atomic mass is 19.1. The van der Waals surface area contributed by atoms with E-state index in [1.807, 2.05) is 0 Å². The Morgan fingerprint density at radius 1 is 0.692 bits per heavy atom. The van der Waals surface area contributed by atoms with Crippen molar-refractivity contribution in [3.05, 3.63) is 89.2 Å². The Balaban J connectivity index is 1.39. The molecule has 0 radical (unpaired) electrons. The van der Waals surface area contributed by atoms with Gasteiger partial charge in [0.15, 0.2) is 0 Å². The monoisotopic (exact) mass is 531 g/mol. The van der Waals surface area contributed by atoms with E-state index in [0.717, 1.165) is 18.9 Å². The van der Waals surface area contributed by atoms with Crippen molar-refractivity contribution in [1.29, 1.82) is 5.26 Å². The lowest BCUT2D eigenvalue weighted by Crippen LogP contribution is -2.10. The highest BCUT2D eigenvalue weighted by Crippen LogP contribution is 2.20. The number of benzene rings is 3. The summed E-state index contributed by atoms with van der Waals surface area (Å²) >= 11 is 0. The molecule has 0 spiro atoms. The smallest absolute Gasteiger partial charge is 0.343 e. The first-order chi connectivity index (χ1) is 19.0. The fourth-order valence-electron chi connectivity index (χ4n) is 3.93. The van der Waals surface area contributed by atoms with Gasteiger partial charge in [-0.25, -0.2) is 14.0 Å². The average Bonchev–Trinajstić information content (AvgIpc) is 2.95. The Kier molecular flexibility index (Phi) is 12.0. The molecule has 0 amide bonds. The van der Waals surface area contributed by atoms with Crippen LogP contribution >= 0.6 is 0 Å². The summed E-state index contributed by atoms with van der Waals surface area (Å²) in [6.07, 6.45) is 11.3. The van der Waals surface area contributed by atoms with E-state index >= 15 is 0 Å². The van der Waals surface area contributed by atoms with Crippen molar-refractivity contribution in [2.45, 2.75) is 64.7 Å². The van der Waals surface area contributed by atoms with Crippen molar-refractivity contribution >= 4 is 11.9 Å². The Hall–Kier alpha value is -4.18. The third-order valence-corrected chi connectivity index (χ3v) is 6.18. The number of nitrogens with zero attached hydrogens (tertiary/aromatic N) is 1. The molecule has 3 aromatic rings. The Bertz CT molecular complexity index is 1250. The lowest BCUT2D eigenvalue weighted by Gasteiger charge is -2.08. The maximum Gasteiger partial charge on any atom is 0.343 e. The van der Waals surface area contributed by atoms with E-state index in [0.29, 0.717) is 17.9 Å². The molecule has 204 valence electrons. The fourth-order valence-corrected chi connectivity index (χ4v) is 3.93. The number of hydrogen-bond acceptors (Lipinski definition) is 6. The van der Waals surface area contributed by atoms with Crippen LogP contribution in [0.15, 0.2) is 66.7 Å². The van der Waals surface area contributed by atoms with Crippen molar-refractivity contribution < 1.29 is 28.2 Å². The summed E-state index contributed by atoms with van der Waals surface area (Å²) in [5.41, 5.74) is 0.419. The minimum atomic E-state index is -0.775. The average molecular weight is 532 g/mol. The topological polar surface area (TPSA) is 85.6 Å². The summed E-state index contributed by atoms with van der Waals surface area (Å²) in [6.45, 7) is 2.88. The van der Waals surface area contributed by atoms with E-state index < -0.39 is 17.8 Å². The molecule has 0 aromatic heterocycles. The zero-order valence-corrected chi connectivity index (χ0v) is 22.3. The Labute approximate surface area is 229 Å². The molecular formula is C32H34FNO5. The van der Waals surface area contributed by atoms with Crippen LogP contribution in [0, 0.1) is 17.1 Å². The van der Waals surface area contributed by atoms with Crippen molar-refractivity contribution in [3.8, 4) is 23.3 Å². The van der Waals surface area contributed by atoms with E-state index in [1.54, 1.807) is 30.3 Å². The number of esters is 2. The number of carbonyl (C=O) groups excluding carboxylic acids is 2. The van der Waals surface area contributed by atoms with E-state index in [4.69, 9.17) is 19.5 Å².